The van der Waals surface area contributed by atoms with Crippen molar-refractivity contribution in [2.75, 3.05) is 19.6 Å². The fourth-order valence-electron chi connectivity index (χ4n) is 3.39. The standard InChI is InChI=1S/C26H47N7O4/c1-18(2)17-31-21(12-5-8-14-27)25(36)33-22(13-6-9-15-28)26(37)32-20(23(29)34)11-7-10-16-30-24(35)19(3)4/h17,20-22H,1,3,5-16,27-28H2,2,4H3,(H2,29,34)(H,30,35)(H,32,37)(H,33,36). The summed E-state index contributed by atoms with van der Waals surface area (Å²) in [6.45, 7) is 12.1. The van der Waals surface area contributed by atoms with Crippen LogP contribution in [0.1, 0.15) is 71.6 Å². The molecule has 0 aliphatic carbocycles. The second-order valence-corrected chi connectivity index (χ2v) is 9.27. The number of rotatable bonds is 21. The Bertz CT molecular complexity index is 798. The molecular weight excluding hydrogens is 474 g/mol. The lowest BCUT2D eigenvalue weighted by Gasteiger charge is -2.23. The van der Waals surface area contributed by atoms with Crippen molar-refractivity contribution in [1.29, 1.82) is 0 Å². The average Bonchev–Trinajstić information content (AvgIpc) is 2.83. The molecule has 0 fully saturated rings. The molecule has 11 heteroatoms. The first-order valence-electron chi connectivity index (χ1n) is 13.0. The van der Waals surface area contributed by atoms with Crippen LogP contribution in [-0.4, -0.2) is 67.6 Å². The number of hydrogen-bond acceptors (Lipinski definition) is 7. The van der Waals surface area contributed by atoms with Crippen LogP contribution in [0.2, 0.25) is 0 Å². The summed E-state index contributed by atoms with van der Waals surface area (Å²) in [5.41, 5.74) is 17.8. The van der Waals surface area contributed by atoms with Crippen LogP contribution in [0, 0.1) is 0 Å². The second-order valence-electron chi connectivity index (χ2n) is 9.27. The van der Waals surface area contributed by atoms with Gasteiger partial charge in [-0.25, -0.2) is 0 Å². The minimum absolute atomic E-state index is 0.232. The summed E-state index contributed by atoms with van der Waals surface area (Å²) in [7, 11) is 0. The van der Waals surface area contributed by atoms with E-state index in [1.54, 1.807) is 13.8 Å². The van der Waals surface area contributed by atoms with Gasteiger partial charge in [-0.1, -0.05) is 13.2 Å². The fraction of sp³-hybridized carbons (Fsp3) is 0.654. The lowest BCUT2D eigenvalue weighted by Crippen LogP contribution is -2.54. The van der Waals surface area contributed by atoms with Crippen LogP contribution in [-0.2, 0) is 19.2 Å². The SMILES string of the molecule is C=C(C)C=NC(CCCCN)C(=O)NC(CCCCN)C(=O)NC(CCCCNC(=O)C(=C)C)C(N)=O. The third-order valence-corrected chi connectivity index (χ3v) is 5.54. The Kier molecular flexibility index (Phi) is 18.4. The molecule has 4 amide bonds. The Balaban J connectivity index is 5.24. The van der Waals surface area contributed by atoms with Crippen LogP contribution >= 0.6 is 0 Å². The molecule has 0 radical (unpaired) electrons. The minimum Gasteiger partial charge on any atom is -0.368 e. The molecular formula is C26H47N7O4. The number of allylic oxidation sites excluding steroid dienone is 1. The summed E-state index contributed by atoms with van der Waals surface area (Å²) in [5.74, 6) is -1.78. The van der Waals surface area contributed by atoms with Crippen LogP contribution < -0.4 is 33.2 Å². The van der Waals surface area contributed by atoms with Gasteiger partial charge in [-0.3, -0.25) is 24.2 Å². The van der Waals surface area contributed by atoms with E-state index >= 15 is 0 Å². The number of carbonyl (C=O) groups excluding carboxylic acids is 4. The topological polar surface area (TPSA) is 195 Å². The van der Waals surface area contributed by atoms with E-state index < -0.39 is 29.9 Å². The number of unbranched alkanes of at least 4 members (excludes halogenated alkanes) is 3. The zero-order valence-corrected chi connectivity index (χ0v) is 22.5. The normalized spacial score (nSPS) is 13.4. The van der Waals surface area contributed by atoms with Crippen molar-refractivity contribution in [2.24, 2.45) is 22.2 Å². The van der Waals surface area contributed by atoms with E-state index in [1.807, 2.05) is 0 Å². The Labute approximate surface area is 221 Å². The fourth-order valence-corrected chi connectivity index (χ4v) is 3.39. The number of carbonyl (C=O) groups is 4. The van der Waals surface area contributed by atoms with Crippen molar-refractivity contribution in [3.05, 3.63) is 24.3 Å². The van der Waals surface area contributed by atoms with E-state index in [9.17, 15) is 19.2 Å². The van der Waals surface area contributed by atoms with Gasteiger partial charge in [-0.2, -0.15) is 0 Å². The Hall–Kier alpha value is -3.05. The number of nitrogens with one attached hydrogen (secondary N) is 3. The molecule has 0 aliphatic heterocycles. The molecule has 210 valence electrons. The molecule has 0 bridgehead atoms. The monoisotopic (exact) mass is 521 g/mol. The average molecular weight is 522 g/mol. The number of nitrogens with two attached hydrogens (primary N) is 3. The van der Waals surface area contributed by atoms with E-state index in [0.717, 1.165) is 6.42 Å². The highest BCUT2D eigenvalue weighted by atomic mass is 16.2. The molecule has 0 spiro atoms. The van der Waals surface area contributed by atoms with E-state index in [1.165, 1.54) is 6.21 Å². The lowest BCUT2D eigenvalue weighted by molar-refractivity contribution is -0.132. The molecule has 0 aromatic rings. The highest BCUT2D eigenvalue weighted by molar-refractivity contribution is 5.93. The summed E-state index contributed by atoms with van der Waals surface area (Å²) >= 11 is 0. The molecule has 11 nitrogen and oxygen atoms in total. The van der Waals surface area contributed by atoms with Gasteiger partial charge >= 0.3 is 0 Å². The van der Waals surface area contributed by atoms with Crippen molar-refractivity contribution in [2.45, 2.75) is 89.8 Å². The molecule has 37 heavy (non-hydrogen) atoms. The third kappa shape index (κ3) is 16.3. The van der Waals surface area contributed by atoms with Gasteiger partial charge in [-0.05, 0) is 90.3 Å². The molecule has 0 aromatic carbocycles. The van der Waals surface area contributed by atoms with Gasteiger partial charge in [0.05, 0.1) is 0 Å². The Morgan fingerprint density at radius 1 is 0.811 bits per heavy atom. The zero-order chi connectivity index (χ0) is 28.2. The van der Waals surface area contributed by atoms with Crippen LogP contribution in [0.4, 0.5) is 0 Å². The van der Waals surface area contributed by atoms with Gasteiger partial charge in [0.1, 0.15) is 18.1 Å². The van der Waals surface area contributed by atoms with Gasteiger partial charge in [0, 0.05) is 18.3 Å². The summed E-state index contributed by atoms with van der Waals surface area (Å²) in [6, 6.07) is -2.46. The van der Waals surface area contributed by atoms with E-state index in [2.05, 4.69) is 34.1 Å². The summed E-state index contributed by atoms with van der Waals surface area (Å²) in [6.07, 6.45) is 6.59. The maximum absolute atomic E-state index is 13.1. The van der Waals surface area contributed by atoms with Crippen LogP contribution in [0.25, 0.3) is 0 Å². The van der Waals surface area contributed by atoms with Gasteiger partial charge < -0.3 is 33.2 Å². The van der Waals surface area contributed by atoms with E-state index in [0.29, 0.717) is 82.1 Å². The van der Waals surface area contributed by atoms with Crippen molar-refractivity contribution in [1.82, 2.24) is 16.0 Å². The summed E-state index contributed by atoms with van der Waals surface area (Å²) < 4.78 is 0. The summed E-state index contributed by atoms with van der Waals surface area (Å²) in [5, 5.41) is 8.19. The molecule has 0 aliphatic rings. The van der Waals surface area contributed by atoms with Gasteiger partial charge in [0.25, 0.3) is 0 Å². The molecule has 9 N–H and O–H groups in total. The number of aliphatic imine (C=N–C) groups is 1. The van der Waals surface area contributed by atoms with Gasteiger partial charge in [0.2, 0.25) is 23.6 Å². The minimum atomic E-state index is -0.903. The number of hydrogen-bond donors (Lipinski definition) is 6. The van der Waals surface area contributed by atoms with Crippen LogP contribution in [0.5, 0.6) is 0 Å². The highest BCUT2D eigenvalue weighted by Gasteiger charge is 2.27. The number of primary amides is 1. The maximum atomic E-state index is 13.1. The third-order valence-electron chi connectivity index (χ3n) is 5.54. The molecule has 0 rings (SSSR count). The van der Waals surface area contributed by atoms with E-state index in [-0.39, 0.29) is 11.8 Å². The second kappa shape index (κ2) is 20.1. The largest absolute Gasteiger partial charge is 0.368 e. The van der Waals surface area contributed by atoms with Crippen molar-refractivity contribution < 1.29 is 19.2 Å². The smallest absolute Gasteiger partial charge is 0.246 e. The van der Waals surface area contributed by atoms with Gasteiger partial charge in [0.15, 0.2) is 0 Å². The van der Waals surface area contributed by atoms with E-state index in [4.69, 9.17) is 17.2 Å². The lowest BCUT2D eigenvalue weighted by atomic mass is 10.0. The Morgan fingerprint density at radius 2 is 1.35 bits per heavy atom. The molecule has 3 atom stereocenters. The van der Waals surface area contributed by atoms with Crippen LogP contribution in [0.3, 0.4) is 0 Å². The van der Waals surface area contributed by atoms with Gasteiger partial charge in [-0.15, -0.1) is 0 Å². The first kappa shape index (κ1) is 34.0. The molecule has 0 aromatic heterocycles. The number of amides is 4. The zero-order valence-electron chi connectivity index (χ0n) is 22.5. The van der Waals surface area contributed by atoms with Crippen LogP contribution in [0.15, 0.2) is 29.3 Å². The Morgan fingerprint density at radius 3 is 1.89 bits per heavy atom. The first-order valence-corrected chi connectivity index (χ1v) is 13.0. The molecule has 0 heterocycles. The quantitative estimate of drug-likeness (QED) is 0.0725. The van der Waals surface area contributed by atoms with Crippen molar-refractivity contribution >= 4 is 29.8 Å². The summed E-state index contributed by atoms with van der Waals surface area (Å²) in [4.78, 5) is 54.0. The van der Waals surface area contributed by atoms with Crippen molar-refractivity contribution in [3.8, 4) is 0 Å². The first-order chi connectivity index (χ1) is 17.5. The number of nitrogens with zero attached hydrogens (tertiary/aromatic N) is 1. The predicted octanol–water partition coefficient (Wildman–Crippen LogP) is 0.577. The predicted molar refractivity (Wildman–Crippen MR) is 148 cm³/mol. The molecule has 0 saturated carbocycles. The maximum Gasteiger partial charge on any atom is 0.246 e. The van der Waals surface area contributed by atoms with Crippen molar-refractivity contribution in [3.63, 3.8) is 0 Å². The molecule has 0 saturated heterocycles. The molecule has 3 unspecified atom stereocenters. The highest BCUT2D eigenvalue weighted by Crippen LogP contribution is 2.09.